The van der Waals surface area contributed by atoms with Crippen molar-refractivity contribution in [2.45, 2.75) is 13.0 Å². The van der Waals surface area contributed by atoms with Crippen molar-refractivity contribution >= 4 is 28.6 Å². The highest BCUT2D eigenvalue weighted by Crippen LogP contribution is 2.29. The molecule has 3 rings (SSSR count). The topological polar surface area (TPSA) is 39.2 Å². The van der Waals surface area contributed by atoms with Crippen LogP contribution in [0.2, 0.25) is 0 Å². The number of aromatic nitrogens is 1. The third-order valence-corrected chi connectivity index (χ3v) is 5.01. The second-order valence-electron chi connectivity index (χ2n) is 4.73. The Labute approximate surface area is 139 Å². The first-order valence-corrected chi connectivity index (χ1v) is 8.46. The first kappa shape index (κ1) is 15.8. The summed E-state index contributed by atoms with van der Waals surface area (Å²) in [6.07, 6.45) is -0.912. The number of hydrogen-bond donors (Lipinski definition) is 0. The van der Waals surface area contributed by atoms with Crippen molar-refractivity contribution in [2.24, 2.45) is 0 Å². The molecular weight excluding hydrogens is 340 g/mol. The fourth-order valence-corrected chi connectivity index (χ4v) is 3.59. The Morgan fingerprint density at radius 1 is 1.26 bits per heavy atom. The van der Waals surface area contributed by atoms with E-state index in [0.29, 0.717) is 0 Å². The Kier molecular flexibility index (Phi) is 4.49. The fraction of sp³-hybridized carbons (Fsp3) is 0.125. The van der Waals surface area contributed by atoms with Crippen LogP contribution in [0.4, 0.5) is 8.78 Å². The van der Waals surface area contributed by atoms with E-state index in [4.69, 9.17) is 4.74 Å². The Hall–Kier alpha value is -2.12. The number of hydrogen-bond acceptors (Lipinski definition) is 5. The van der Waals surface area contributed by atoms with Gasteiger partial charge < -0.3 is 4.74 Å². The highest BCUT2D eigenvalue weighted by Gasteiger charge is 2.20. The minimum absolute atomic E-state index is 0.00735. The molecule has 0 amide bonds. The molecule has 1 atom stereocenters. The van der Waals surface area contributed by atoms with Crippen LogP contribution >= 0.6 is 22.7 Å². The lowest BCUT2D eigenvalue weighted by molar-refractivity contribution is 0.0324. The Morgan fingerprint density at radius 3 is 2.83 bits per heavy atom. The minimum atomic E-state index is -0.912. The maximum absolute atomic E-state index is 13.7. The Balaban J connectivity index is 1.75. The van der Waals surface area contributed by atoms with Crippen molar-refractivity contribution in [3.05, 3.63) is 64.0 Å². The monoisotopic (exact) mass is 351 g/mol. The van der Waals surface area contributed by atoms with E-state index in [-0.39, 0.29) is 11.3 Å². The molecule has 0 radical (unpaired) electrons. The first-order valence-electron chi connectivity index (χ1n) is 6.70. The molecule has 0 aliphatic rings. The number of carbonyl (C=O) groups excluding carboxylic acids is 1. The molecule has 3 aromatic rings. The van der Waals surface area contributed by atoms with Crippen LogP contribution in [0.25, 0.3) is 9.88 Å². The van der Waals surface area contributed by atoms with Crippen LogP contribution in [0, 0.1) is 11.6 Å². The molecule has 2 heterocycles. The largest absolute Gasteiger partial charge is 0.453 e. The number of esters is 1. The molecule has 118 valence electrons. The molecule has 0 N–H and O–H groups in total. The number of halogens is 2. The van der Waals surface area contributed by atoms with E-state index in [1.165, 1.54) is 29.6 Å². The van der Waals surface area contributed by atoms with Gasteiger partial charge in [-0.3, -0.25) is 0 Å². The van der Waals surface area contributed by atoms with Crippen LogP contribution in [0.1, 0.15) is 29.1 Å². The van der Waals surface area contributed by atoms with Gasteiger partial charge in [0.15, 0.2) is 5.69 Å². The number of ether oxygens (including phenoxy) is 1. The highest BCUT2D eigenvalue weighted by molar-refractivity contribution is 7.20. The van der Waals surface area contributed by atoms with Gasteiger partial charge in [-0.15, -0.1) is 22.7 Å². The van der Waals surface area contributed by atoms with Crippen molar-refractivity contribution in [1.82, 2.24) is 4.98 Å². The average molecular weight is 351 g/mol. The van der Waals surface area contributed by atoms with Crippen LogP contribution < -0.4 is 0 Å². The SMILES string of the molecule is CC(OC(=O)c1csc(-c2cccs2)n1)c1cc(F)ccc1F. The van der Waals surface area contributed by atoms with E-state index in [1.54, 1.807) is 5.38 Å². The van der Waals surface area contributed by atoms with Gasteiger partial charge in [-0.05, 0) is 36.6 Å². The van der Waals surface area contributed by atoms with Crippen molar-refractivity contribution in [1.29, 1.82) is 0 Å². The predicted octanol–water partition coefficient (Wildman–Crippen LogP) is 5.07. The molecule has 23 heavy (non-hydrogen) atoms. The van der Waals surface area contributed by atoms with Crippen LogP contribution in [-0.4, -0.2) is 11.0 Å². The molecule has 1 aromatic carbocycles. The zero-order valence-electron chi connectivity index (χ0n) is 12.0. The fourth-order valence-electron chi connectivity index (χ4n) is 1.99. The summed E-state index contributed by atoms with van der Waals surface area (Å²) in [7, 11) is 0. The van der Waals surface area contributed by atoms with Gasteiger partial charge in [-0.2, -0.15) is 0 Å². The van der Waals surface area contributed by atoms with Crippen LogP contribution in [0.3, 0.4) is 0 Å². The van der Waals surface area contributed by atoms with Crippen LogP contribution in [0.5, 0.6) is 0 Å². The molecule has 3 nitrogen and oxygen atoms in total. The molecule has 1 unspecified atom stereocenters. The molecule has 7 heteroatoms. The Bertz CT molecular complexity index is 830. The molecule has 0 saturated carbocycles. The van der Waals surface area contributed by atoms with E-state index >= 15 is 0 Å². The number of thiazole rings is 1. The summed E-state index contributed by atoms with van der Waals surface area (Å²) in [6.45, 7) is 1.49. The van der Waals surface area contributed by atoms with E-state index in [1.807, 2.05) is 17.5 Å². The summed E-state index contributed by atoms with van der Waals surface area (Å²) >= 11 is 2.85. The third-order valence-electron chi connectivity index (χ3n) is 3.13. The predicted molar refractivity (Wildman–Crippen MR) is 85.6 cm³/mol. The normalized spacial score (nSPS) is 12.1. The van der Waals surface area contributed by atoms with Gasteiger partial charge in [0, 0.05) is 10.9 Å². The summed E-state index contributed by atoms with van der Waals surface area (Å²) in [5, 5.41) is 4.23. The Morgan fingerprint density at radius 2 is 2.09 bits per heavy atom. The molecule has 2 aromatic heterocycles. The zero-order valence-corrected chi connectivity index (χ0v) is 13.6. The molecule has 0 aliphatic carbocycles. The summed E-state index contributed by atoms with van der Waals surface area (Å²) in [6, 6.07) is 6.84. The van der Waals surface area contributed by atoms with Gasteiger partial charge in [-0.1, -0.05) is 6.07 Å². The van der Waals surface area contributed by atoms with E-state index in [2.05, 4.69) is 4.98 Å². The van der Waals surface area contributed by atoms with Gasteiger partial charge in [0.25, 0.3) is 0 Å². The van der Waals surface area contributed by atoms with Crippen molar-refractivity contribution in [3.8, 4) is 9.88 Å². The molecule has 0 aliphatic heterocycles. The lowest BCUT2D eigenvalue weighted by Crippen LogP contribution is -2.11. The highest BCUT2D eigenvalue weighted by atomic mass is 32.1. The summed E-state index contributed by atoms with van der Waals surface area (Å²) in [5.41, 5.74) is 0.147. The number of carbonyl (C=O) groups is 1. The summed E-state index contributed by atoms with van der Waals surface area (Å²) < 4.78 is 32.1. The minimum Gasteiger partial charge on any atom is -0.453 e. The molecule has 0 bridgehead atoms. The van der Waals surface area contributed by atoms with Crippen molar-refractivity contribution < 1.29 is 18.3 Å². The summed E-state index contributed by atoms with van der Waals surface area (Å²) in [4.78, 5) is 17.3. The smallest absolute Gasteiger partial charge is 0.358 e. The summed E-state index contributed by atoms with van der Waals surface area (Å²) in [5.74, 6) is -1.87. The van der Waals surface area contributed by atoms with Crippen LogP contribution in [0.15, 0.2) is 41.1 Å². The number of rotatable bonds is 4. The average Bonchev–Trinajstić information content (AvgIpc) is 3.19. The molecule has 0 spiro atoms. The van der Waals surface area contributed by atoms with E-state index in [9.17, 15) is 13.6 Å². The number of benzene rings is 1. The number of thiophene rings is 1. The zero-order chi connectivity index (χ0) is 16.4. The van der Waals surface area contributed by atoms with Gasteiger partial charge in [0.1, 0.15) is 22.7 Å². The standard InChI is InChI=1S/C16H11F2NO2S2/c1-9(11-7-10(17)4-5-12(11)18)21-16(20)13-8-23-15(19-13)14-3-2-6-22-14/h2-9H,1H3. The first-order chi connectivity index (χ1) is 11.0. The molecule has 0 saturated heterocycles. The van der Waals surface area contributed by atoms with Crippen molar-refractivity contribution in [3.63, 3.8) is 0 Å². The number of nitrogens with zero attached hydrogens (tertiary/aromatic N) is 1. The lowest BCUT2D eigenvalue weighted by Gasteiger charge is -2.13. The van der Waals surface area contributed by atoms with Gasteiger partial charge in [0.2, 0.25) is 0 Å². The van der Waals surface area contributed by atoms with E-state index in [0.717, 1.165) is 28.1 Å². The third kappa shape index (κ3) is 3.46. The van der Waals surface area contributed by atoms with Gasteiger partial charge >= 0.3 is 5.97 Å². The second-order valence-corrected chi connectivity index (χ2v) is 6.53. The van der Waals surface area contributed by atoms with Crippen molar-refractivity contribution in [2.75, 3.05) is 0 Å². The quantitative estimate of drug-likeness (QED) is 0.616. The second kappa shape index (κ2) is 6.55. The van der Waals surface area contributed by atoms with Crippen LogP contribution in [-0.2, 0) is 4.74 Å². The van der Waals surface area contributed by atoms with Gasteiger partial charge in [0.05, 0.1) is 4.88 Å². The van der Waals surface area contributed by atoms with Gasteiger partial charge in [-0.25, -0.2) is 18.6 Å². The molecule has 0 fully saturated rings. The lowest BCUT2D eigenvalue weighted by atomic mass is 10.1. The maximum atomic E-state index is 13.7. The molecular formula is C16H11F2NO2S2. The van der Waals surface area contributed by atoms with E-state index < -0.39 is 23.7 Å². The maximum Gasteiger partial charge on any atom is 0.358 e.